The highest BCUT2D eigenvalue weighted by Gasteiger charge is 2.43. The molecule has 1 saturated heterocycles. The molecule has 0 unspecified atom stereocenters. The van der Waals surface area contributed by atoms with Crippen molar-refractivity contribution < 1.29 is 13.9 Å². The van der Waals surface area contributed by atoms with Crippen LogP contribution in [0.25, 0.3) is 0 Å². The molecule has 3 N–H and O–H groups in total. The molecule has 158 valence electrons. The Hall–Kier alpha value is -2.64. The number of carbonyl (C=O) groups is 1. The van der Waals surface area contributed by atoms with Crippen LogP contribution in [0.4, 0.5) is 15.8 Å². The molecule has 0 aromatic heterocycles. The van der Waals surface area contributed by atoms with Gasteiger partial charge in [0.25, 0.3) is 0 Å². The van der Waals surface area contributed by atoms with Crippen LogP contribution in [0.3, 0.4) is 0 Å². The van der Waals surface area contributed by atoms with E-state index in [9.17, 15) is 9.18 Å². The second kappa shape index (κ2) is 7.56. The fraction of sp³-hybridized carbons (Fsp3) is 0.364. The molecule has 0 saturated carbocycles. The van der Waals surface area contributed by atoms with Gasteiger partial charge in [0.05, 0.1) is 35.9 Å². The summed E-state index contributed by atoms with van der Waals surface area (Å²) in [5.41, 5.74) is 7.28. The molecule has 0 aliphatic carbocycles. The molecule has 2 aromatic rings. The lowest BCUT2D eigenvalue weighted by molar-refractivity contribution is -0.139. The minimum absolute atomic E-state index is 0.0916. The van der Waals surface area contributed by atoms with Gasteiger partial charge in [-0.3, -0.25) is 9.69 Å². The number of halogens is 2. The molecule has 1 atom stereocenters. The predicted octanol–water partition coefficient (Wildman–Crippen LogP) is 4.02. The SMILES string of the molecule is CC1(CN2C(=O)C[C@@](C)(c3cccc(Nc4ccc(F)cc4)c3Cl)N=C2N)COC1. The number of guanidine groups is 1. The van der Waals surface area contributed by atoms with E-state index >= 15 is 0 Å². The molecule has 0 radical (unpaired) electrons. The predicted molar refractivity (Wildman–Crippen MR) is 115 cm³/mol. The number of amides is 1. The quantitative estimate of drug-likeness (QED) is 0.750. The fourth-order valence-corrected chi connectivity index (χ4v) is 4.23. The van der Waals surface area contributed by atoms with E-state index in [0.29, 0.717) is 41.7 Å². The van der Waals surface area contributed by atoms with Gasteiger partial charge in [-0.25, -0.2) is 9.38 Å². The summed E-state index contributed by atoms with van der Waals surface area (Å²) in [4.78, 5) is 19.2. The van der Waals surface area contributed by atoms with Gasteiger partial charge in [0.2, 0.25) is 5.91 Å². The zero-order valence-corrected chi connectivity index (χ0v) is 17.7. The summed E-state index contributed by atoms with van der Waals surface area (Å²) < 4.78 is 18.5. The van der Waals surface area contributed by atoms with Crippen LogP contribution >= 0.6 is 11.6 Å². The summed E-state index contributed by atoms with van der Waals surface area (Å²) >= 11 is 6.69. The first-order valence-electron chi connectivity index (χ1n) is 9.74. The maximum Gasteiger partial charge on any atom is 0.232 e. The number of nitrogens with zero attached hydrogens (tertiary/aromatic N) is 2. The maximum absolute atomic E-state index is 13.2. The third-order valence-corrected chi connectivity index (χ3v) is 5.98. The van der Waals surface area contributed by atoms with Crippen molar-refractivity contribution in [2.24, 2.45) is 16.1 Å². The molecule has 8 heteroatoms. The van der Waals surface area contributed by atoms with Crippen LogP contribution in [-0.4, -0.2) is 36.5 Å². The van der Waals surface area contributed by atoms with E-state index in [2.05, 4.69) is 17.2 Å². The van der Waals surface area contributed by atoms with Crippen molar-refractivity contribution >= 4 is 34.8 Å². The van der Waals surface area contributed by atoms with Crippen molar-refractivity contribution in [3.05, 3.63) is 58.9 Å². The number of ether oxygens (including phenoxy) is 1. The van der Waals surface area contributed by atoms with Gasteiger partial charge < -0.3 is 15.8 Å². The van der Waals surface area contributed by atoms with Crippen molar-refractivity contribution in [1.82, 2.24) is 4.90 Å². The van der Waals surface area contributed by atoms with E-state index in [-0.39, 0.29) is 29.5 Å². The zero-order valence-electron chi connectivity index (χ0n) is 16.9. The Morgan fingerprint density at radius 3 is 2.53 bits per heavy atom. The highest BCUT2D eigenvalue weighted by molar-refractivity contribution is 6.34. The minimum Gasteiger partial charge on any atom is -0.380 e. The second-order valence-corrected chi connectivity index (χ2v) is 8.88. The Bertz CT molecular complexity index is 1010. The molecule has 4 rings (SSSR count). The average molecular weight is 431 g/mol. The lowest BCUT2D eigenvalue weighted by Gasteiger charge is -2.44. The average Bonchev–Trinajstić information content (AvgIpc) is 2.66. The molecule has 2 aliphatic heterocycles. The number of nitrogens with one attached hydrogen (secondary N) is 1. The Morgan fingerprint density at radius 1 is 1.23 bits per heavy atom. The van der Waals surface area contributed by atoms with Crippen LogP contribution in [0.5, 0.6) is 0 Å². The number of hydrogen-bond acceptors (Lipinski definition) is 5. The van der Waals surface area contributed by atoms with Gasteiger partial charge in [0, 0.05) is 23.2 Å². The number of anilines is 2. The summed E-state index contributed by atoms with van der Waals surface area (Å²) in [6.07, 6.45) is 0.157. The van der Waals surface area contributed by atoms with E-state index in [1.807, 2.05) is 25.1 Å². The molecule has 1 amide bonds. The zero-order chi connectivity index (χ0) is 21.5. The molecular formula is C22H24ClFN4O2. The molecule has 6 nitrogen and oxygen atoms in total. The maximum atomic E-state index is 13.2. The molecule has 30 heavy (non-hydrogen) atoms. The Morgan fingerprint density at radius 2 is 1.93 bits per heavy atom. The summed E-state index contributed by atoms with van der Waals surface area (Å²) in [6.45, 7) is 5.60. The fourth-order valence-electron chi connectivity index (χ4n) is 3.85. The number of aliphatic imine (C=N–C) groups is 1. The van der Waals surface area contributed by atoms with Gasteiger partial charge >= 0.3 is 0 Å². The number of hydrogen-bond donors (Lipinski definition) is 2. The van der Waals surface area contributed by atoms with Crippen LogP contribution in [-0.2, 0) is 15.1 Å². The minimum atomic E-state index is -0.883. The third-order valence-electron chi connectivity index (χ3n) is 5.58. The highest BCUT2D eigenvalue weighted by atomic mass is 35.5. The van der Waals surface area contributed by atoms with Crippen LogP contribution in [0.2, 0.25) is 5.02 Å². The summed E-state index contributed by atoms with van der Waals surface area (Å²) in [6, 6.07) is 11.5. The van der Waals surface area contributed by atoms with Crippen molar-refractivity contribution in [2.45, 2.75) is 25.8 Å². The van der Waals surface area contributed by atoms with Crippen LogP contribution in [0.15, 0.2) is 47.5 Å². The van der Waals surface area contributed by atoms with E-state index in [1.54, 1.807) is 17.0 Å². The molecule has 2 heterocycles. The Balaban J connectivity index is 1.62. The van der Waals surface area contributed by atoms with Gasteiger partial charge in [-0.15, -0.1) is 0 Å². The first kappa shape index (κ1) is 20.6. The number of carbonyl (C=O) groups excluding carboxylic acids is 1. The molecule has 2 aromatic carbocycles. The van der Waals surface area contributed by atoms with Crippen molar-refractivity contribution in [1.29, 1.82) is 0 Å². The normalized spacial score (nSPS) is 23.0. The standard InChI is InChI=1S/C22H24ClFN4O2/c1-21(12-30-13-21)11-28-18(29)10-22(2,27-20(28)25)16-4-3-5-17(19(16)23)26-15-8-6-14(24)7-9-15/h3-9,26H,10-13H2,1-2H3,(H2,25,27)/t22-/m0/s1. The second-order valence-electron chi connectivity index (χ2n) is 8.50. The van der Waals surface area contributed by atoms with Crippen LogP contribution < -0.4 is 11.1 Å². The molecule has 1 fully saturated rings. The molecule has 0 bridgehead atoms. The molecule has 2 aliphatic rings. The summed E-state index contributed by atoms with van der Waals surface area (Å²) in [5.74, 6) is -0.216. The molecule has 0 spiro atoms. The first-order valence-corrected chi connectivity index (χ1v) is 10.1. The monoisotopic (exact) mass is 430 g/mol. The van der Waals surface area contributed by atoms with Crippen LogP contribution in [0, 0.1) is 11.2 Å². The van der Waals surface area contributed by atoms with Gasteiger partial charge in [-0.05, 0) is 37.3 Å². The van der Waals surface area contributed by atoms with E-state index < -0.39 is 5.54 Å². The van der Waals surface area contributed by atoms with Crippen molar-refractivity contribution in [2.75, 3.05) is 25.1 Å². The van der Waals surface area contributed by atoms with Gasteiger partial charge in [-0.2, -0.15) is 0 Å². The van der Waals surface area contributed by atoms with Gasteiger partial charge in [-0.1, -0.05) is 30.7 Å². The van der Waals surface area contributed by atoms with Gasteiger partial charge in [0.15, 0.2) is 5.96 Å². The van der Waals surface area contributed by atoms with E-state index in [1.165, 1.54) is 12.1 Å². The van der Waals surface area contributed by atoms with E-state index in [0.717, 1.165) is 0 Å². The third kappa shape index (κ3) is 3.87. The van der Waals surface area contributed by atoms with Crippen LogP contribution in [0.1, 0.15) is 25.8 Å². The lowest BCUT2D eigenvalue weighted by atomic mass is 9.85. The number of rotatable bonds is 5. The largest absolute Gasteiger partial charge is 0.380 e. The van der Waals surface area contributed by atoms with Crippen molar-refractivity contribution in [3.63, 3.8) is 0 Å². The molecular weight excluding hydrogens is 407 g/mol. The number of benzene rings is 2. The number of nitrogens with two attached hydrogens (primary N) is 1. The Kier molecular flexibility index (Phi) is 5.20. The first-order chi connectivity index (χ1) is 14.2. The summed E-state index contributed by atoms with van der Waals surface area (Å²) in [7, 11) is 0. The Labute approximate surface area is 179 Å². The van der Waals surface area contributed by atoms with Crippen molar-refractivity contribution in [3.8, 4) is 0 Å². The summed E-state index contributed by atoms with van der Waals surface area (Å²) in [5, 5.41) is 3.63. The smallest absolute Gasteiger partial charge is 0.232 e. The topological polar surface area (TPSA) is 80.0 Å². The highest BCUT2D eigenvalue weighted by Crippen LogP contribution is 2.41. The lowest BCUT2D eigenvalue weighted by Crippen LogP contribution is -2.57. The van der Waals surface area contributed by atoms with Gasteiger partial charge in [0.1, 0.15) is 5.82 Å². The van der Waals surface area contributed by atoms with E-state index in [4.69, 9.17) is 22.1 Å².